The van der Waals surface area contributed by atoms with Gasteiger partial charge in [-0.3, -0.25) is 19.2 Å². The molecule has 2 fully saturated rings. The molecule has 6 rings (SSSR count). The van der Waals surface area contributed by atoms with Crippen LogP contribution in [0.4, 0.5) is 4.79 Å². The number of urea groups is 1. The zero-order valence-corrected chi connectivity index (χ0v) is 21.9. The number of benzene rings is 1. The minimum atomic E-state index is -3.84. The maximum absolute atomic E-state index is 13.7. The molecule has 0 bridgehead atoms. The van der Waals surface area contributed by atoms with Crippen LogP contribution in [-0.4, -0.2) is 56.8 Å². The summed E-state index contributed by atoms with van der Waals surface area (Å²) in [7, 11) is -2.09. The number of aromatic nitrogens is 2. The summed E-state index contributed by atoms with van der Waals surface area (Å²) in [6.07, 6.45) is 6.30. The van der Waals surface area contributed by atoms with Gasteiger partial charge < -0.3 is 10.2 Å². The van der Waals surface area contributed by atoms with Gasteiger partial charge in [0, 0.05) is 43.0 Å². The molecule has 194 valence electrons. The van der Waals surface area contributed by atoms with Crippen molar-refractivity contribution in [3.05, 3.63) is 63.2 Å². The van der Waals surface area contributed by atoms with E-state index >= 15 is 0 Å². The molecule has 1 aromatic heterocycles. The van der Waals surface area contributed by atoms with Gasteiger partial charge in [0.25, 0.3) is 5.91 Å². The molecular weight excluding hydrogens is 516 g/mol. The molecule has 11 nitrogen and oxygen atoms in total. The van der Waals surface area contributed by atoms with E-state index in [1.54, 1.807) is 30.2 Å². The number of hydrogen-bond acceptors (Lipinski definition) is 7. The van der Waals surface area contributed by atoms with Crippen LogP contribution in [0.15, 0.2) is 40.9 Å². The number of thioether (sulfide) groups is 1. The molecule has 2 atom stereocenters. The summed E-state index contributed by atoms with van der Waals surface area (Å²) in [4.78, 5) is 42.1. The number of carbonyl (C=O) groups excluding carboxylic acids is 3. The van der Waals surface area contributed by atoms with E-state index in [2.05, 4.69) is 15.1 Å². The van der Waals surface area contributed by atoms with Crippen LogP contribution in [0.1, 0.15) is 46.8 Å². The SMILES string of the molecule is Cn1cc(CN2C(=O)C3C=C(S(=O)(=O)NC4(C)CC4)SC3N(Cc3ccc4c(c3)C(=O)NC4)C2=O)cn1. The number of imide groups is 1. The third kappa shape index (κ3) is 4.34. The van der Waals surface area contributed by atoms with Crippen molar-refractivity contribution in [3.63, 3.8) is 0 Å². The second kappa shape index (κ2) is 8.43. The van der Waals surface area contributed by atoms with E-state index in [0.29, 0.717) is 17.7 Å². The number of aryl methyl sites for hydroxylation is 1. The van der Waals surface area contributed by atoms with Crippen LogP contribution >= 0.6 is 11.8 Å². The molecule has 0 spiro atoms. The first-order chi connectivity index (χ1) is 17.5. The molecule has 2 aromatic rings. The van der Waals surface area contributed by atoms with Crippen LogP contribution in [0.5, 0.6) is 0 Å². The highest BCUT2D eigenvalue weighted by Crippen LogP contribution is 2.46. The number of sulfonamides is 1. The summed E-state index contributed by atoms with van der Waals surface area (Å²) in [5, 5.41) is 6.19. The number of fused-ring (bicyclic) bond motifs is 2. The zero-order valence-electron chi connectivity index (χ0n) is 20.3. The number of nitrogens with one attached hydrogen (secondary N) is 2. The zero-order chi connectivity index (χ0) is 26.1. The summed E-state index contributed by atoms with van der Waals surface area (Å²) in [5.74, 6) is -1.44. The molecule has 37 heavy (non-hydrogen) atoms. The molecule has 4 amide bonds. The van der Waals surface area contributed by atoms with Crippen molar-refractivity contribution >= 4 is 39.6 Å². The third-order valence-electron chi connectivity index (χ3n) is 7.15. The standard InChI is InChI=1S/C24H26N6O5S2/c1-24(5-6-24)27-37(34,35)19-8-18-21(32)29(13-15-9-26-28(2)11-15)23(33)30(22(18)36-19)12-14-3-4-16-10-25-20(31)17(16)7-14/h3-4,7-9,11,18,22,27H,5-6,10,12-13H2,1-2H3,(H,25,31). The number of carbonyl (C=O) groups is 3. The predicted molar refractivity (Wildman–Crippen MR) is 135 cm³/mol. The lowest BCUT2D eigenvalue weighted by Crippen LogP contribution is -2.58. The van der Waals surface area contributed by atoms with Crippen LogP contribution in [-0.2, 0) is 41.5 Å². The molecule has 1 saturated heterocycles. The van der Waals surface area contributed by atoms with E-state index in [4.69, 9.17) is 0 Å². The molecule has 13 heteroatoms. The smallest absolute Gasteiger partial charge is 0.328 e. The van der Waals surface area contributed by atoms with Crippen LogP contribution < -0.4 is 10.0 Å². The largest absolute Gasteiger partial charge is 0.348 e. The second-order valence-corrected chi connectivity index (χ2v) is 13.3. The first-order valence-electron chi connectivity index (χ1n) is 11.9. The molecule has 4 aliphatic rings. The van der Waals surface area contributed by atoms with Crippen LogP contribution in [0.2, 0.25) is 0 Å². The van der Waals surface area contributed by atoms with Crippen molar-refractivity contribution in [3.8, 4) is 0 Å². The number of hydrogen-bond donors (Lipinski definition) is 2. The van der Waals surface area contributed by atoms with Gasteiger partial charge in [-0.25, -0.2) is 17.9 Å². The van der Waals surface area contributed by atoms with Gasteiger partial charge in [0.05, 0.1) is 18.7 Å². The lowest BCUT2D eigenvalue weighted by atomic mass is 10.0. The Hall–Kier alpha value is -3.16. The quantitative estimate of drug-likeness (QED) is 0.543. The first kappa shape index (κ1) is 24.2. The van der Waals surface area contributed by atoms with Crippen molar-refractivity contribution < 1.29 is 22.8 Å². The molecule has 1 aliphatic carbocycles. The van der Waals surface area contributed by atoms with Crippen molar-refractivity contribution in [1.82, 2.24) is 29.6 Å². The third-order valence-corrected chi connectivity index (χ3v) is 10.7. The minimum absolute atomic E-state index is 0.0226. The average Bonchev–Trinajstić information content (AvgIpc) is 3.21. The highest BCUT2D eigenvalue weighted by molar-refractivity contribution is 8.18. The fraction of sp³-hybridized carbons (Fsp3) is 0.417. The van der Waals surface area contributed by atoms with E-state index in [1.807, 2.05) is 19.1 Å². The van der Waals surface area contributed by atoms with Crippen LogP contribution in [0.3, 0.4) is 0 Å². The molecule has 2 N–H and O–H groups in total. The summed E-state index contributed by atoms with van der Waals surface area (Å²) in [6.45, 7) is 2.45. The van der Waals surface area contributed by atoms with Crippen molar-refractivity contribution in [2.24, 2.45) is 13.0 Å². The highest BCUT2D eigenvalue weighted by atomic mass is 32.3. The Balaban J connectivity index is 1.33. The van der Waals surface area contributed by atoms with Crippen molar-refractivity contribution in [2.45, 2.75) is 50.3 Å². The Morgan fingerprint density at radius 1 is 1.19 bits per heavy atom. The van der Waals surface area contributed by atoms with Gasteiger partial charge in [0.2, 0.25) is 15.9 Å². The Bertz CT molecular complexity index is 1480. The summed E-state index contributed by atoms with van der Waals surface area (Å²) < 4.78 is 30.7. The topological polar surface area (TPSA) is 134 Å². The van der Waals surface area contributed by atoms with Crippen molar-refractivity contribution in [1.29, 1.82) is 0 Å². The lowest BCUT2D eigenvalue weighted by Gasteiger charge is -2.41. The summed E-state index contributed by atoms with van der Waals surface area (Å²) >= 11 is 1.02. The fourth-order valence-corrected chi connectivity index (χ4v) is 8.16. The van der Waals surface area contributed by atoms with Gasteiger partial charge in [-0.15, -0.1) is 0 Å². The molecule has 2 unspecified atom stereocenters. The second-order valence-electron chi connectivity index (χ2n) is 10.2. The van der Waals surface area contributed by atoms with E-state index in [0.717, 1.165) is 40.6 Å². The molecule has 4 heterocycles. The number of amides is 4. The average molecular weight is 543 g/mol. The van der Waals surface area contributed by atoms with Crippen LogP contribution in [0, 0.1) is 5.92 Å². The molecule has 1 aromatic carbocycles. The molecule has 0 radical (unpaired) electrons. The van der Waals surface area contributed by atoms with Crippen LogP contribution in [0.25, 0.3) is 0 Å². The maximum Gasteiger partial charge on any atom is 0.328 e. The van der Waals surface area contributed by atoms with Gasteiger partial charge in [0.15, 0.2) is 0 Å². The van der Waals surface area contributed by atoms with E-state index in [9.17, 15) is 22.8 Å². The normalized spacial score (nSPS) is 24.2. The van der Waals surface area contributed by atoms with Gasteiger partial charge in [0.1, 0.15) is 9.61 Å². The van der Waals surface area contributed by atoms with E-state index in [1.165, 1.54) is 11.0 Å². The van der Waals surface area contributed by atoms with Crippen molar-refractivity contribution in [2.75, 3.05) is 0 Å². The van der Waals surface area contributed by atoms with E-state index in [-0.39, 0.29) is 23.2 Å². The number of nitrogens with zero attached hydrogens (tertiary/aromatic N) is 4. The summed E-state index contributed by atoms with van der Waals surface area (Å²) in [6, 6.07) is 4.94. The molecule has 3 aliphatic heterocycles. The Kier molecular flexibility index (Phi) is 5.51. The monoisotopic (exact) mass is 542 g/mol. The first-order valence-corrected chi connectivity index (χ1v) is 14.3. The number of rotatable bonds is 7. The van der Waals surface area contributed by atoms with Gasteiger partial charge in [-0.2, -0.15) is 5.10 Å². The fourth-order valence-electron chi connectivity index (χ4n) is 4.86. The van der Waals surface area contributed by atoms with Gasteiger partial charge in [-0.1, -0.05) is 23.9 Å². The Morgan fingerprint density at radius 3 is 2.68 bits per heavy atom. The minimum Gasteiger partial charge on any atom is -0.348 e. The maximum atomic E-state index is 13.7. The van der Waals surface area contributed by atoms with Gasteiger partial charge >= 0.3 is 6.03 Å². The predicted octanol–water partition coefficient (Wildman–Crippen LogP) is 1.63. The van der Waals surface area contributed by atoms with E-state index < -0.39 is 38.8 Å². The van der Waals surface area contributed by atoms with Gasteiger partial charge in [-0.05, 0) is 43.0 Å². The highest BCUT2D eigenvalue weighted by Gasteiger charge is 2.52. The Labute approximate surface area is 218 Å². The lowest BCUT2D eigenvalue weighted by molar-refractivity contribution is -0.135. The summed E-state index contributed by atoms with van der Waals surface area (Å²) in [5.41, 5.74) is 2.38. The Morgan fingerprint density at radius 2 is 1.97 bits per heavy atom. The molecular formula is C24H26N6O5S2. The molecule has 1 saturated carbocycles.